The number of ether oxygens (including phenoxy) is 3. The normalized spacial score (nSPS) is 29.0. The van der Waals surface area contributed by atoms with E-state index in [4.69, 9.17) is 14.2 Å². The number of amides is 1. The highest BCUT2D eigenvalue weighted by Gasteiger charge is 2.46. The van der Waals surface area contributed by atoms with Crippen LogP contribution in [0.1, 0.15) is 40.5 Å². The van der Waals surface area contributed by atoms with Crippen LogP contribution in [-0.2, 0) is 19.0 Å². The lowest BCUT2D eigenvalue weighted by atomic mass is 10.1. The van der Waals surface area contributed by atoms with E-state index >= 15 is 0 Å². The number of carbonyl (C=O) groups is 2. The first kappa shape index (κ1) is 16.1. The van der Waals surface area contributed by atoms with E-state index in [1.807, 2.05) is 20.8 Å². The van der Waals surface area contributed by atoms with E-state index in [9.17, 15) is 9.59 Å². The highest BCUT2D eigenvalue weighted by Crippen LogP contribution is 2.35. The van der Waals surface area contributed by atoms with Crippen LogP contribution in [0.4, 0.5) is 4.79 Å². The van der Waals surface area contributed by atoms with Crippen molar-refractivity contribution in [3.05, 3.63) is 0 Å². The van der Waals surface area contributed by atoms with Gasteiger partial charge in [-0.15, -0.1) is 0 Å². The lowest BCUT2D eigenvalue weighted by Gasteiger charge is -2.38. The number of carbonyl (C=O) groups excluding carboxylic acids is 2. The van der Waals surface area contributed by atoms with E-state index in [1.54, 1.807) is 11.8 Å². The van der Waals surface area contributed by atoms with Gasteiger partial charge < -0.3 is 19.1 Å². The zero-order valence-electron chi connectivity index (χ0n) is 13.3. The lowest BCUT2D eigenvalue weighted by molar-refractivity contribution is -0.148. The molecule has 3 atom stereocenters. The number of rotatable bonds is 2. The van der Waals surface area contributed by atoms with E-state index in [0.29, 0.717) is 32.6 Å². The zero-order chi connectivity index (χ0) is 15.6. The molecular formula is C15H25NO5. The number of hydrogen-bond donors (Lipinski definition) is 0. The third-order valence-electron chi connectivity index (χ3n) is 3.78. The molecule has 2 rings (SSSR count). The van der Waals surface area contributed by atoms with Gasteiger partial charge in [0.05, 0.1) is 31.3 Å². The maximum atomic E-state index is 12.3. The van der Waals surface area contributed by atoms with Crippen molar-refractivity contribution in [3.63, 3.8) is 0 Å². The molecule has 120 valence electrons. The molecule has 1 aliphatic heterocycles. The van der Waals surface area contributed by atoms with Gasteiger partial charge in [-0.05, 0) is 40.5 Å². The van der Waals surface area contributed by atoms with E-state index < -0.39 is 5.60 Å². The summed E-state index contributed by atoms with van der Waals surface area (Å²) < 4.78 is 16.2. The minimum absolute atomic E-state index is 0.0944. The Morgan fingerprint density at radius 3 is 2.62 bits per heavy atom. The van der Waals surface area contributed by atoms with Crippen molar-refractivity contribution in [3.8, 4) is 0 Å². The van der Waals surface area contributed by atoms with Crippen molar-refractivity contribution in [2.45, 2.75) is 58.3 Å². The molecule has 1 amide bonds. The summed E-state index contributed by atoms with van der Waals surface area (Å²) in [5.41, 5.74) is -0.524. The molecule has 0 bridgehead atoms. The third kappa shape index (κ3) is 3.87. The summed E-state index contributed by atoms with van der Waals surface area (Å²) in [6, 6.07) is -0.0944. The molecule has 0 aromatic carbocycles. The van der Waals surface area contributed by atoms with E-state index in [-0.39, 0.29) is 30.1 Å². The third-order valence-corrected chi connectivity index (χ3v) is 3.78. The van der Waals surface area contributed by atoms with E-state index in [2.05, 4.69) is 0 Å². The van der Waals surface area contributed by atoms with Crippen molar-refractivity contribution in [1.29, 1.82) is 0 Å². The van der Waals surface area contributed by atoms with Crippen LogP contribution in [-0.4, -0.2) is 54.5 Å². The smallest absolute Gasteiger partial charge is 0.410 e. The summed E-state index contributed by atoms with van der Waals surface area (Å²) in [5.74, 6) is -0.386. The second-order valence-corrected chi connectivity index (χ2v) is 6.57. The lowest BCUT2D eigenvalue weighted by Crippen LogP contribution is -2.52. The quantitative estimate of drug-likeness (QED) is 0.729. The molecule has 2 fully saturated rings. The first-order valence-electron chi connectivity index (χ1n) is 7.59. The predicted molar refractivity (Wildman–Crippen MR) is 75.8 cm³/mol. The molecule has 1 aliphatic carbocycles. The molecule has 0 radical (unpaired) electrons. The highest BCUT2D eigenvalue weighted by molar-refractivity contribution is 5.74. The van der Waals surface area contributed by atoms with Crippen molar-refractivity contribution in [2.75, 3.05) is 19.8 Å². The fraction of sp³-hybridized carbons (Fsp3) is 0.867. The van der Waals surface area contributed by atoms with Crippen LogP contribution >= 0.6 is 0 Å². The van der Waals surface area contributed by atoms with Gasteiger partial charge in [0.25, 0.3) is 0 Å². The maximum absolute atomic E-state index is 12.3. The summed E-state index contributed by atoms with van der Waals surface area (Å²) in [6.07, 6.45) is 0.775. The zero-order valence-corrected chi connectivity index (χ0v) is 13.3. The van der Waals surface area contributed by atoms with Crippen molar-refractivity contribution >= 4 is 12.1 Å². The Morgan fingerprint density at radius 2 is 2.00 bits per heavy atom. The Bertz CT molecular complexity index is 403. The van der Waals surface area contributed by atoms with Gasteiger partial charge in [0.15, 0.2) is 0 Å². The van der Waals surface area contributed by atoms with Gasteiger partial charge in [0.2, 0.25) is 0 Å². The molecule has 0 aromatic heterocycles. The van der Waals surface area contributed by atoms with Crippen LogP contribution in [0.15, 0.2) is 0 Å². The first-order chi connectivity index (χ1) is 9.81. The molecule has 21 heavy (non-hydrogen) atoms. The molecule has 1 saturated carbocycles. The van der Waals surface area contributed by atoms with Gasteiger partial charge in [-0.1, -0.05) is 0 Å². The number of fused-ring (bicyclic) bond motifs is 1. The fourth-order valence-electron chi connectivity index (χ4n) is 2.95. The van der Waals surface area contributed by atoms with Crippen LogP contribution < -0.4 is 0 Å². The summed E-state index contributed by atoms with van der Waals surface area (Å²) in [4.78, 5) is 25.9. The molecule has 6 heteroatoms. The Balaban J connectivity index is 2.02. The van der Waals surface area contributed by atoms with E-state index in [1.165, 1.54) is 0 Å². The van der Waals surface area contributed by atoms with E-state index in [0.717, 1.165) is 0 Å². The summed E-state index contributed by atoms with van der Waals surface area (Å²) in [6.45, 7) is 8.70. The van der Waals surface area contributed by atoms with Crippen molar-refractivity contribution in [2.24, 2.45) is 5.92 Å². The molecule has 3 unspecified atom stereocenters. The highest BCUT2D eigenvalue weighted by atomic mass is 16.6. The van der Waals surface area contributed by atoms with Gasteiger partial charge in [0.1, 0.15) is 5.60 Å². The number of morpholine rings is 1. The topological polar surface area (TPSA) is 65.1 Å². The second-order valence-electron chi connectivity index (χ2n) is 6.57. The molecule has 6 nitrogen and oxygen atoms in total. The summed E-state index contributed by atoms with van der Waals surface area (Å²) in [5, 5.41) is 0. The molecule has 0 spiro atoms. The SMILES string of the molecule is CCOC(=O)C1CC2OCCN(C(=O)OC(C)(C)C)C2C1. The Kier molecular flexibility index (Phi) is 4.76. The van der Waals surface area contributed by atoms with Gasteiger partial charge >= 0.3 is 12.1 Å². The molecule has 2 aliphatic rings. The molecular weight excluding hydrogens is 274 g/mol. The minimum Gasteiger partial charge on any atom is -0.466 e. The Morgan fingerprint density at radius 1 is 1.29 bits per heavy atom. The number of esters is 1. The van der Waals surface area contributed by atoms with Crippen LogP contribution in [0.2, 0.25) is 0 Å². The van der Waals surface area contributed by atoms with Gasteiger partial charge in [0, 0.05) is 6.54 Å². The standard InChI is InChI=1S/C15H25NO5/c1-5-19-13(17)10-8-11-12(9-10)20-7-6-16(11)14(18)21-15(2,3)4/h10-12H,5-9H2,1-4H3. The van der Waals surface area contributed by atoms with Crippen molar-refractivity contribution < 1.29 is 23.8 Å². The monoisotopic (exact) mass is 299 g/mol. The largest absolute Gasteiger partial charge is 0.466 e. The van der Waals surface area contributed by atoms with Gasteiger partial charge in [-0.2, -0.15) is 0 Å². The maximum Gasteiger partial charge on any atom is 0.410 e. The Labute approximate surface area is 125 Å². The average Bonchev–Trinajstić information content (AvgIpc) is 2.80. The molecule has 1 saturated heterocycles. The van der Waals surface area contributed by atoms with Crippen LogP contribution in [0, 0.1) is 5.92 Å². The minimum atomic E-state index is -0.524. The molecule has 1 heterocycles. The fourth-order valence-corrected chi connectivity index (χ4v) is 2.95. The summed E-state index contributed by atoms with van der Waals surface area (Å²) >= 11 is 0. The summed E-state index contributed by atoms with van der Waals surface area (Å²) in [7, 11) is 0. The number of nitrogens with zero attached hydrogens (tertiary/aromatic N) is 1. The van der Waals surface area contributed by atoms with Crippen LogP contribution in [0.25, 0.3) is 0 Å². The van der Waals surface area contributed by atoms with Gasteiger partial charge in [-0.25, -0.2) is 4.79 Å². The predicted octanol–water partition coefficient (Wildman–Crippen LogP) is 1.96. The first-order valence-corrected chi connectivity index (χ1v) is 7.59. The van der Waals surface area contributed by atoms with Crippen molar-refractivity contribution in [1.82, 2.24) is 4.90 Å². The average molecular weight is 299 g/mol. The second kappa shape index (κ2) is 6.22. The number of hydrogen-bond acceptors (Lipinski definition) is 5. The van der Waals surface area contributed by atoms with Crippen LogP contribution in [0.3, 0.4) is 0 Å². The van der Waals surface area contributed by atoms with Crippen LogP contribution in [0.5, 0.6) is 0 Å². The van der Waals surface area contributed by atoms with Gasteiger partial charge in [-0.3, -0.25) is 4.79 Å². The Hall–Kier alpha value is -1.30. The molecule has 0 N–H and O–H groups in total. The molecule has 0 aromatic rings.